The third-order valence-electron chi connectivity index (χ3n) is 3.08. The fourth-order valence-electron chi connectivity index (χ4n) is 1.98. The summed E-state index contributed by atoms with van der Waals surface area (Å²) in [6.07, 6.45) is 1.75. The van der Waals surface area contributed by atoms with Gasteiger partial charge in [-0.3, -0.25) is 14.9 Å². The highest BCUT2D eigenvalue weighted by Gasteiger charge is 2.23. The lowest BCUT2D eigenvalue weighted by molar-refractivity contribution is -0.384. The summed E-state index contributed by atoms with van der Waals surface area (Å²) in [6, 6.07) is 8.86. The summed E-state index contributed by atoms with van der Waals surface area (Å²) in [5, 5.41) is 23.5. The van der Waals surface area contributed by atoms with Crippen LogP contribution in [0, 0.1) is 10.1 Å². The van der Waals surface area contributed by atoms with E-state index >= 15 is 0 Å². The molecule has 22 heavy (non-hydrogen) atoms. The highest BCUT2D eigenvalue weighted by atomic mass is 16.6. The first-order valence-corrected chi connectivity index (χ1v) is 6.65. The van der Waals surface area contributed by atoms with E-state index in [0.29, 0.717) is 5.76 Å². The highest BCUT2D eigenvalue weighted by molar-refractivity contribution is 5.94. The summed E-state index contributed by atoms with van der Waals surface area (Å²) in [5.41, 5.74) is -1.17. The summed E-state index contributed by atoms with van der Waals surface area (Å²) in [4.78, 5) is 22.1. The van der Waals surface area contributed by atoms with E-state index in [9.17, 15) is 20.0 Å². The van der Waals surface area contributed by atoms with Gasteiger partial charge >= 0.3 is 0 Å². The largest absolute Gasteiger partial charge is 0.469 e. The van der Waals surface area contributed by atoms with Crippen LogP contribution in [0.25, 0.3) is 0 Å². The Morgan fingerprint density at radius 1 is 1.41 bits per heavy atom. The Morgan fingerprint density at radius 3 is 2.82 bits per heavy atom. The van der Waals surface area contributed by atoms with Crippen molar-refractivity contribution in [3.8, 4) is 0 Å². The molecule has 0 radical (unpaired) electrons. The van der Waals surface area contributed by atoms with Gasteiger partial charge in [0.2, 0.25) is 0 Å². The Balaban J connectivity index is 1.97. The molecule has 0 spiro atoms. The minimum absolute atomic E-state index is 0.00474. The average molecular weight is 304 g/mol. The Morgan fingerprint density at radius 2 is 2.18 bits per heavy atom. The normalized spacial score (nSPS) is 13.4. The van der Waals surface area contributed by atoms with Crippen molar-refractivity contribution < 1.29 is 19.2 Å². The predicted molar refractivity (Wildman–Crippen MR) is 78.5 cm³/mol. The third-order valence-corrected chi connectivity index (χ3v) is 3.08. The van der Waals surface area contributed by atoms with E-state index in [1.165, 1.54) is 30.5 Å². The van der Waals surface area contributed by atoms with Crippen molar-refractivity contribution in [2.75, 3.05) is 6.54 Å². The second kappa shape index (κ2) is 6.40. The second-order valence-corrected chi connectivity index (χ2v) is 5.24. The van der Waals surface area contributed by atoms with Gasteiger partial charge in [-0.1, -0.05) is 6.07 Å². The summed E-state index contributed by atoms with van der Waals surface area (Å²) in [6.45, 7) is 1.57. The molecule has 1 aromatic heterocycles. The number of rotatable bonds is 6. The van der Waals surface area contributed by atoms with Crippen molar-refractivity contribution in [3.05, 3.63) is 64.1 Å². The minimum Gasteiger partial charge on any atom is -0.469 e. The van der Waals surface area contributed by atoms with E-state index in [-0.39, 0.29) is 24.2 Å². The molecular formula is C15H16N2O5. The Hall–Kier alpha value is -2.67. The molecule has 0 bridgehead atoms. The number of nitrogens with zero attached hydrogens (tertiary/aromatic N) is 1. The van der Waals surface area contributed by atoms with Gasteiger partial charge in [0.15, 0.2) is 0 Å². The van der Waals surface area contributed by atoms with Gasteiger partial charge < -0.3 is 14.8 Å². The van der Waals surface area contributed by atoms with E-state index in [2.05, 4.69) is 5.32 Å². The molecule has 1 atom stereocenters. The summed E-state index contributed by atoms with van der Waals surface area (Å²) in [7, 11) is 0. The Kier molecular flexibility index (Phi) is 4.57. The topological polar surface area (TPSA) is 106 Å². The van der Waals surface area contributed by atoms with Crippen LogP contribution in [0.2, 0.25) is 0 Å². The first-order valence-electron chi connectivity index (χ1n) is 6.65. The number of nitrogens with one attached hydrogen (secondary N) is 1. The molecule has 116 valence electrons. The Bertz CT molecular complexity index is 664. The number of furan rings is 1. The molecule has 0 fully saturated rings. The number of non-ortho nitro benzene ring substituents is 1. The van der Waals surface area contributed by atoms with Crippen LogP contribution in [0.4, 0.5) is 5.69 Å². The molecule has 2 rings (SSSR count). The zero-order chi connectivity index (χ0) is 16.2. The number of hydrogen-bond donors (Lipinski definition) is 2. The maximum absolute atomic E-state index is 12.0. The fourth-order valence-corrected chi connectivity index (χ4v) is 1.98. The maximum atomic E-state index is 12.0. The van der Waals surface area contributed by atoms with Gasteiger partial charge in [0.25, 0.3) is 11.6 Å². The predicted octanol–water partition coefficient (Wildman–Crippen LogP) is 1.91. The van der Waals surface area contributed by atoms with Crippen LogP contribution in [-0.4, -0.2) is 28.1 Å². The number of carbonyl (C=O) groups excluding carboxylic acids is 1. The van der Waals surface area contributed by atoms with Gasteiger partial charge in [-0.25, -0.2) is 0 Å². The van der Waals surface area contributed by atoms with Gasteiger partial charge in [-0.15, -0.1) is 0 Å². The molecule has 7 heteroatoms. The highest BCUT2D eigenvalue weighted by Crippen LogP contribution is 2.15. The van der Waals surface area contributed by atoms with E-state index in [4.69, 9.17) is 4.42 Å². The maximum Gasteiger partial charge on any atom is 0.270 e. The fraction of sp³-hybridized carbons (Fsp3) is 0.267. The molecular weight excluding hydrogens is 288 g/mol. The lowest BCUT2D eigenvalue weighted by Crippen LogP contribution is -2.42. The molecule has 0 aliphatic rings. The molecule has 1 amide bonds. The summed E-state index contributed by atoms with van der Waals surface area (Å²) >= 11 is 0. The van der Waals surface area contributed by atoms with Gasteiger partial charge in [0.05, 0.1) is 16.8 Å². The van der Waals surface area contributed by atoms with Crippen molar-refractivity contribution in [3.63, 3.8) is 0 Å². The van der Waals surface area contributed by atoms with Gasteiger partial charge in [-0.2, -0.15) is 0 Å². The molecule has 0 aliphatic heterocycles. The van der Waals surface area contributed by atoms with Gasteiger partial charge in [-0.05, 0) is 25.1 Å². The number of amides is 1. The lowest BCUT2D eigenvalue weighted by Gasteiger charge is -2.22. The molecule has 1 heterocycles. The quantitative estimate of drug-likeness (QED) is 0.626. The van der Waals surface area contributed by atoms with Crippen molar-refractivity contribution in [2.24, 2.45) is 0 Å². The van der Waals surface area contributed by atoms with Crippen molar-refractivity contribution in [1.82, 2.24) is 5.32 Å². The van der Waals surface area contributed by atoms with Crippen molar-refractivity contribution >= 4 is 11.6 Å². The molecule has 2 N–H and O–H groups in total. The van der Waals surface area contributed by atoms with Crippen LogP contribution in [-0.2, 0) is 6.42 Å². The number of carbonyl (C=O) groups is 1. The van der Waals surface area contributed by atoms with Crippen LogP contribution in [0.5, 0.6) is 0 Å². The molecule has 0 saturated heterocycles. The van der Waals surface area contributed by atoms with Crippen LogP contribution in [0.3, 0.4) is 0 Å². The number of hydrogen-bond acceptors (Lipinski definition) is 5. The number of aliphatic hydroxyl groups is 1. The van der Waals surface area contributed by atoms with Crippen molar-refractivity contribution in [1.29, 1.82) is 0 Å². The van der Waals surface area contributed by atoms with E-state index in [0.717, 1.165) is 0 Å². The molecule has 0 saturated carbocycles. The SMILES string of the molecule is CC(O)(CNC(=O)c1cccc([N+](=O)[O-])c1)Cc1ccco1. The smallest absolute Gasteiger partial charge is 0.270 e. The standard InChI is InChI=1S/C15H16N2O5/c1-15(19,9-13-6-3-7-22-13)10-16-14(18)11-4-2-5-12(8-11)17(20)21/h2-8,19H,9-10H2,1H3,(H,16,18). The van der Waals surface area contributed by atoms with Gasteiger partial charge in [0, 0.05) is 30.7 Å². The lowest BCUT2D eigenvalue weighted by atomic mass is 10.0. The van der Waals surface area contributed by atoms with Crippen LogP contribution in [0.15, 0.2) is 47.1 Å². The number of benzene rings is 1. The molecule has 1 unspecified atom stereocenters. The third kappa shape index (κ3) is 4.16. The molecule has 1 aromatic carbocycles. The summed E-state index contributed by atoms with van der Waals surface area (Å²) < 4.78 is 5.16. The van der Waals surface area contributed by atoms with Crippen LogP contribution in [0.1, 0.15) is 23.0 Å². The van der Waals surface area contributed by atoms with E-state index in [1.54, 1.807) is 19.1 Å². The zero-order valence-electron chi connectivity index (χ0n) is 12.0. The molecule has 2 aromatic rings. The number of nitro groups is 1. The monoisotopic (exact) mass is 304 g/mol. The van der Waals surface area contributed by atoms with Gasteiger partial charge in [0.1, 0.15) is 5.76 Å². The van der Waals surface area contributed by atoms with Crippen LogP contribution >= 0.6 is 0 Å². The van der Waals surface area contributed by atoms with E-state index < -0.39 is 16.4 Å². The number of nitro benzene ring substituents is 1. The van der Waals surface area contributed by atoms with Crippen LogP contribution < -0.4 is 5.32 Å². The minimum atomic E-state index is -1.19. The molecule has 0 aliphatic carbocycles. The summed E-state index contributed by atoms with van der Waals surface area (Å²) in [5.74, 6) is 0.123. The second-order valence-electron chi connectivity index (χ2n) is 5.24. The van der Waals surface area contributed by atoms with E-state index in [1.807, 2.05) is 0 Å². The van der Waals surface area contributed by atoms with Crippen molar-refractivity contribution in [2.45, 2.75) is 18.9 Å². The first-order chi connectivity index (χ1) is 10.4. The molecule has 7 nitrogen and oxygen atoms in total. The average Bonchev–Trinajstić information content (AvgIpc) is 2.97. The first kappa shape index (κ1) is 15.7. The zero-order valence-corrected chi connectivity index (χ0v) is 12.0. The Labute approximate surface area is 126 Å².